The SMILES string of the molecule is Cc1nn(-c2ccc(NC(=O)c3nc4ncccn4n3)cc2)c(C)c1Cl. The molecular weight excluding hydrogens is 354 g/mol. The fourth-order valence-corrected chi connectivity index (χ4v) is 2.69. The van der Waals surface area contributed by atoms with Gasteiger partial charge >= 0.3 is 0 Å². The highest BCUT2D eigenvalue weighted by Gasteiger charge is 2.14. The molecule has 4 aromatic rings. The Balaban J connectivity index is 1.55. The van der Waals surface area contributed by atoms with Crippen molar-refractivity contribution in [2.75, 3.05) is 5.32 Å². The first-order valence-electron chi connectivity index (χ1n) is 7.84. The number of aryl methyl sites for hydroxylation is 1. The smallest absolute Gasteiger partial charge is 0.295 e. The summed E-state index contributed by atoms with van der Waals surface area (Å²) in [5.41, 5.74) is 3.11. The summed E-state index contributed by atoms with van der Waals surface area (Å²) in [5.74, 6) is 0.0184. The number of benzene rings is 1. The Morgan fingerprint density at radius 3 is 2.58 bits per heavy atom. The van der Waals surface area contributed by atoms with E-state index in [1.807, 2.05) is 26.0 Å². The Morgan fingerprint density at radius 2 is 1.92 bits per heavy atom. The van der Waals surface area contributed by atoms with Crippen molar-refractivity contribution in [2.24, 2.45) is 0 Å². The predicted molar refractivity (Wildman–Crippen MR) is 96.8 cm³/mol. The fraction of sp³-hybridized carbons (Fsp3) is 0.118. The van der Waals surface area contributed by atoms with Crippen molar-refractivity contribution < 1.29 is 4.79 Å². The molecule has 0 aliphatic rings. The number of carbonyl (C=O) groups is 1. The second-order valence-corrected chi connectivity index (χ2v) is 6.08. The number of hydrogen-bond acceptors (Lipinski definition) is 5. The van der Waals surface area contributed by atoms with Gasteiger partial charge in [-0.2, -0.15) is 10.1 Å². The zero-order valence-corrected chi connectivity index (χ0v) is 14.8. The van der Waals surface area contributed by atoms with Crippen LogP contribution in [0.25, 0.3) is 11.5 Å². The van der Waals surface area contributed by atoms with Crippen molar-refractivity contribution >= 4 is 29.0 Å². The first-order valence-corrected chi connectivity index (χ1v) is 8.21. The molecule has 0 saturated heterocycles. The molecule has 9 heteroatoms. The number of aromatic nitrogens is 6. The van der Waals surface area contributed by atoms with Gasteiger partial charge in [0.25, 0.3) is 11.7 Å². The molecule has 8 nitrogen and oxygen atoms in total. The molecule has 1 aromatic carbocycles. The third-order valence-electron chi connectivity index (χ3n) is 3.89. The van der Waals surface area contributed by atoms with E-state index < -0.39 is 5.91 Å². The Morgan fingerprint density at radius 1 is 1.15 bits per heavy atom. The second kappa shape index (κ2) is 6.23. The molecule has 3 aromatic heterocycles. The molecule has 0 bridgehead atoms. The molecule has 1 amide bonds. The van der Waals surface area contributed by atoms with Crippen LogP contribution >= 0.6 is 11.6 Å². The summed E-state index contributed by atoms with van der Waals surface area (Å²) in [6.45, 7) is 3.76. The van der Waals surface area contributed by atoms with Crippen molar-refractivity contribution in [3.8, 4) is 5.69 Å². The summed E-state index contributed by atoms with van der Waals surface area (Å²) in [6.07, 6.45) is 3.27. The van der Waals surface area contributed by atoms with Crippen molar-refractivity contribution in [3.05, 3.63) is 65.0 Å². The van der Waals surface area contributed by atoms with Crippen molar-refractivity contribution in [1.82, 2.24) is 29.4 Å². The van der Waals surface area contributed by atoms with Crippen LogP contribution in [0.3, 0.4) is 0 Å². The number of hydrogen-bond donors (Lipinski definition) is 1. The van der Waals surface area contributed by atoms with Gasteiger partial charge in [0.15, 0.2) is 0 Å². The number of carbonyl (C=O) groups excluding carboxylic acids is 1. The van der Waals surface area contributed by atoms with Crippen LogP contribution < -0.4 is 5.32 Å². The van der Waals surface area contributed by atoms with E-state index in [1.165, 1.54) is 4.52 Å². The highest BCUT2D eigenvalue weighted by Crippen LogP contribution is 2.23. The molecule has 0 aliphatic heterocycles. The van der Waals surface area contributed by atoms with Gasteiger partial charge in [0.05, 0.1) is 22.1 Å². The molecule has 0 aliphatic carbocycles. The van der Waals surface area contributed by atoms with Gasteiger partial charge in [-0.05, 0) is 44.2 Å². The number of anilines is 1. The average Bonchev–Trinajstić information content (AvgIpc) is 3.19. The van der Waals surface area contributed by atoms with Gasteiger partial charge in [0.1, 0.15) is 0 Å². The Hall–Kier alpha value is -3.26. The van der Waals surface area contributed by atoms with Gasteiger partial charge in [-0.25, -0.2) is 14.2 Å². The number of amides is 1. The van der Waals surface area contributed by atoms with E-state index in [0.29, 0.717) is 16.5 Å². The quantitative estimate of drug-likeness (QED) is 0.601. The Bertz CT molecular complexity index is 1080. The lowest BCUT2D eigenvalue weighted by Gasteiger charge is -2.07. The van der Waals surface area contributed by atoms with Gasteiger partial charge < -0.3 is 5.32 Å². The number of halogens is 1. The third-order valence-corrected chi connectivity index (χ3v) is 4.44. The molecule has 0 unspecified atom stereocenters. The maximum Gasteiger partial charge on any atom is 0.295 e. The molecule has 130 valence electrons. The van der Waals surface area contributed by atoms with Crippen molar-refractivity contribution in [1.29, 1.82) is 0 Å². The van der Waals surface area contributed by atoms with Crippen molar-refractivity contribution in [2.45, 2.75) is 13.8 Å². The molecule has 1 N–H and O–H groups in total. The molecule has 0 fully saturated rings. The van der Waals surface area contributed by atoms with E-state index in [9.17, 15) is 4.79 Å². The predicted octanol–water partition coefficient (Wildman–Crippen LogP) is 2.83. The molecule has 4 rings (SSSR count). The molecule has 0 spiro atoms. The van der Waals surface area contributed by atoms with E-state index in [-0.39, 0.29) is 5.82 Å². The minimum atomic E-state index is -0.405. The van der Waals surface area contributed by atoms with Crippen molar-refractivity contribution in [3.63, 3.8) is 0 Å². The average molecular weight is 368 g/mol. The largest absolute Gasteiger partial charge is 0.319 e. The fourth-order valence-electron chi connectivity index (χ4n) is 2.58. The second-order valence-electron chi connectivity index (χ2n) is 5.70. The minimum Gasteiger partial charge on any atom is -0.319 e. The Labute approximate surface area is 153 Å². The molecular formula is C17H14ClN7O. The summed E-state index contributed by atoms with van der Waals surface area (Å²) in [7, 11) is 0. The first-order chi connectivity index (χ1) is 12.5. The van der Waals surface area contributed by atoms with E-state index in [1.54, 1.807) is 35.3 Å². The minimum absolute atomic E-state index is 0.0538. The van der Waals surface area contributed by atoms with Gasteiger partial charge in [-0.3, -0.25) is 4.79 Å². The molecule has 0 atom stereocenters. The highest BCUT2D eigenvalue weighted by molar-refractivity contribution is 6.31. The first kappa shape index (κ1) is 16.2. The maximum absolute atomic E-state index is 12.3. The van der Waals surface area contributed by atoms with E-state index in [4.69, 9.17) is 11.6 Å². The van der Waals surface area contributed by atoms with Crippen LogP contribution in [-0.2, 0) is 0 Å². The third kappa shape index (κ3) is 2.80. The molecule has 3 heterocycles. The lowest BCUT2D eigenvalue weighted by atomic mass is 10.2. The van der Waals surface area contributed by atoms with Crippen LogP contribution in [0, 0.1) is 13.8 Å². The summed E-state index contributed by atoms with van der Waals surface area (Å²) < 4.78 is 3.21. The van der Waals surface area contributed by atoms with Gasteiger partial charge in [0, 0.05) is 18.1 Å². The summed E-state index contributed by atoms with van der Waals surface area (Å²) in [4.78, 5) is 20.5. The van der Waals surface area contributed by atoms with Gasteiger partial charge in [0.2, 0.25) is 5.82 Å². The van der Waals surface area contributed by atoms with Crippen LogP contribution in [0.15, 0.2) is 42.7 Å². The van der Waals surface area contributed by atoms with Crippen LogP contribution in [0.5, 0.6) is 0 Å². The zero-order valence-electron chi connectivity index (χ0n) is 14.0. The number of nitrogens with zero attached hydrogens (tertiary/aromatic N) is 6. The van der Waals surface area contributed by atoms with Gasteiger partial charge in [-0.15, -0.1) is 5.10 Å². The van der Waals surface area contributed by atoms with Crippen LogP contribution in [0.1, 0.15) is 22.0 Å². The summed E-state index contributed by atoms with van der Waals surface area (Å²) in [5, 5.41) is 11.9. The number of rotatable bonds is 3. The van der Waals surface area contributed by atoms with Crippen LogP contribution in [-0.4, -0.2) is 35.3 Å². The van der Waals surface area contributed by atoms with E-state index in [0.717, 1.165) is 17.1 Å². The summed E-state index contributed by atoms with van der Waals surface area (Å²) in [6, 6.07) is 8.98. The van der Waals surface area contributed by atoms with E-state index in [2.05, 4.69) is 25.5 Å². The maximum atomic E-state index is 12.3. The topological polar surface area (TPSA) is 90.0 Å². The van der Waals surface area contributed by atoms with Crippen LogP contribution in [0.4, 0.5) is 5.69 Å². The Kier molecular flexibility index (Phi) is 3.89. The lowest BCUT2D eigenvalue weighted by Crippen LogP contribution is -2.14. The van der Waals surface area contributed by atoms with Gasteiger partial charge in [-0.1, -0.05) is 11.6 Å². The van der Waals surface area contributed by atoms with E-state index >= 15 is 0 Å². The molecule has 0 saturated carbocycles. The highest BCUT2D eigenvalue weighted by atomic mass is 35.5. The zero-order chi connectivity index (χ0) is 18.3. The standard InChI is InChI=1S/C17H14ClN7O/c1-10-14(18)11(2)25(22-10)13-6-4-12(5-7-13)20-16(26)15-21-17-19-8-3-9-24(17)23-15/h3-9H,1-2H3,(H,20,26). The number of nitrogens with one attached hydrogen (secondary N) is 1. The van der Waals surface area contributed by atoms with Crippen LogP contribution in [0.2, 0.25) is 5.02 Å². The molecule has 0 radical (unpaired) electrons. The lowest BCUT2D eigenvalue weighted by molar-refractivity contribution is 0.101. The molecule has 26 heavy (non-hydrogen) atoms. The summed E-state index contributed by atoms with van der Waals surface area (Å²) >= 11 is 6.19. The monoisotopic (exact) mass is 367 g/mol. The normalized spacial score (nSPS) is 11.0. The number of fused-ring (bicyclic) bond motifs is 1.